The molecule has 0 aliphatic rings. The van der Waals surface area contributed by atoms with Crippen molar-refractivity contribution in [3.63, 3.8) is 0 Å². The van der Waals surface area contributed by atoms with Gasteiger partial charge in [0.25, 0.3) is 0 Å². The van der Waals surface area contributed by atoms with Crippen molar-refractivity contribution in [1.82, 2.24) is 5.32 Å². The fraction of sp³-hybridized carbons (Fsp3) is 0.860. The van der Waals surface area contributed by atoms with Gasteiger partial charge in [-0.05, 0) is 83.5 Å². The van der Waals surface area contributed by atoms with E-state index in [4.69, 9.17) is 4.74 Å². The molecule has 0 aromatic carbocycles. The number of hydrogen-bond donors (Lipinski definition) is 3. The molecule has 0 aromatic rings. The van der Waals surface area contributed by atoms with E-state index in [-0.39, 0.29) is 18.5 Å². The topological polar surface area (TPSA) is 95.9 Å². The molecule has 3 N–H and O–H groups in total. The van der Waals surface area contributed by atoms with Crippen LogP contribution in [0.25, 0.3) is 0 Å². The maximum Gasteiger partial charge on any atom is 0.305 e. The fourth-order valence-corrected chi connectivity index (χ4v) is 8.33. The van der Waals surface area contributed by atoms with Crippen LogP contribution in [0.2, 0.25) is 0 Å². The molecule has 0 aliphatic carbocycles. The highest BCUT2D eigenvalue weighted by Gasteiger charge is 2.18. The van der Waals surface area contributed by atoms with E-state index in [1.165, 1.54) is 186 Å². The summed E-state index contributed by atoms with van der Waals surface area (Å²) < 4.78 is 5.45. The Bertz CT molecular complexity index is 1020. The highest BCUT2D eigenvalue weighted by molar-refractivity contribution is 5.76. The Morgan fingerprint density at radius 1 is 0.429 bits per heavy atom. The number of ether oxygens (including phenoxy) is 1. The van der Waals surface area contributed by atoms with Crippen molar-refractivity contribution in [1.29, 1.82) is 0 Å². The number of carbonyl (C=O) groups is 2. The number of allylic oxidation sites excluding steroid dienone is 5. The molecule has 6 nitrogen and oxygen atoms in total. The van der Waals surface area contributed by atoms with Crippen molar-refractivity contribution in [3.05, 3.63) is 36.5 Å². The average Bonchev–Trinajstić information content (AvgIpc) is 3.28. The predicted molar refractivity (Wildman–Crippen MR) is 273 cm³/mol. The molecule has 2 atom stereocenters. The Balaban J connectivity index is 3.54. The molecule has 0 rings (SSSR count). The molecule has 0 spiro atoms. The molecule has 0 aromatic heterocycles. The summed E-state index contributed by atoms with van der Waals surface area (Å²) in [6.07, 6.45) is 64.4. The van der Waals surface area contributed by atoms with Crippen LogP contribution >= 0.6 is 0 Å². The Labute approximate surface area is 392 Å². The van der Waals surface area contributed by atoms with Crippen molar-refractivity contribution in [2.45, 2.75) is 302 Å². The first-order valence-electron chi connectivity index (χ1n) is 27.8. The van der Waals surface area contributed by atoms with Crippen molar-refractivity contribution >= 4 is 11.9 Å². The minimum Gasteiger partial charge on any atom is -0.466 e. The average molecular weight is 886 g/mol. The number of carbonyl (C=O) groups excluding carboxylic acids is 2. The first-order valence-corrected chi connectivity index (χ1v) is 27.8. The molecule has 0 saturated heterocycles. The lowest BCUT2D eigenvalue weighted by Gasteiger charge is -2.20. The molecule has 0 heterocycles. The van der Waals surface area contributed by atoms with Crippen LogP contribution in [0.1, 0.15) is 290 Å². The van der Waals surface area contributed by atoms with Crippen molar-refractivity contribution in [2.75, 3.05) is 13.2 Å². The Kier molecular flexibility index (Phi) is 51.1. The van der Waals surface area contributed by atoms with Gasteiger partial charge in [0, 0.05) is 12.8 Å². The number of amides is 1. The van der Waals surface area contributed by atoms with Crippen molar-refractivity contribution < 1.29 is 24.5 Å². The van der Waals surface area contributed by atoms with Crippen LogP contribution in [0.5, 0.6) is 0 Å². The molecular formula is C57H107NO5. The van der Waals surface area contributed by atoms with E-state index in [0.29, 0.717) is 19.4 Å². The Hall–Kier alpha value is -1.92. The lowest BCUT2D eigenvalue weighted by atomic mass is 10.0. The molecule has 1 amide bonds. The molecule has 0 saturated carbocycles. The van der Waals surface area contributed by atoms with Gasteiger partial charge in [-0.3, -0.25) is 9.59 Å². The number of aliphatic hydroxyl groups is 2. The van der Waals surface area contributed by atoms with Crippen molar-refractivity contribution in [3.8, 4) is 0 Å². The monoisotopic (exact) mass is 886 g/mol. The zero-order valence-corrected chi connectivity index (χ0v) is 42.1. The number of unbranched alkanes of at least 4 members (excludes halogenated alkanes) is 36. The third-order valence-corrected chi connectivity index (χ3v) is 12.6. The van der Waals surface area contributed by atoms with Crippen LogP contribution < -0.4 is 5.32 Å². The zero-order chi connectivity index (χ0) is 45.8. The minimum atomic E-state index is -0.867. The molecule has 0 fully saturated rings. The summed E-state index contributed by atoms with van der Waals surface area (Å²) in [7, 11) is 0. The lowest BCUT2D eigenvalue weighted by Crippen LogP contribution is -2.45. The molecule has 6 heteroatoms. The summed E-state index contributed by atoms with van der Waals surface area (Å²) in [6, 6.07) is -0.654. The highest BCUT2D eigenvalue weighted by Crippen LogP contribution is 2.16. The lowest BCUT2D eigenvalue weighted by molar-refractivity contribution is -0.143. The van der Waals surface area contributed by atoms with Gasteiger partial charge in [0.2, 0.25) is 5.91 Å². The largest absolute Gasteiger partial charge is 0.466 e. The molecule has 63 heavy (non-hydrogen) atoms. The fourth-order valence-electron chi connectivity index (χ4n) is 8.33. The van der Waals surface area contributed by atoms with Gasteiger partial charge in [0.15, 0.2) is 0 Å². The van der Waals surface area contributed by atoms with Gasteiger partial charge in [0.1, 0.15) is 0 Å². The second-order valence-corrected chi connectivity index (χ2v) is 18.9. The summed E-state index contributed by atoms with van der Waals surface area (Å²) in [5.74, 6) is -0.142. The van der Waals surface area contributed by atoms with Gasteiger partial charge >= 0.3 is 5.97 Å². The Morgan fingerprint density at radius 2 is 0.746 bits per heavy atom. The number of esters is 1. The zero-order valence-electron chi connectivity index (χ0n) is 42.1. The van der Waals surface area contributed by atoms with E-state index in [2.05, 4.69) is 43.5 Å². The quantitative estimate of drug-likeness (QED) is 0.0321. The van der Waals surface area contributed by atoms with E-state index in [9.17, 15) is 19.8 Å². The standard InChI is InChI=1S/C57H107NO5/c1-3-5-7-9-11-13-15-17-19-21-22-24-26-28-30-35-39-43-47-51-57(62)63-52-48-44-40-36-32-31-34-38-42-46-50-56(61)58-54(53-59)55(60)49-45-41-37-33-29-27-25-23-20-18-16-14-12-10-8-6-4-2/h17,19,32,36,45,49,54-55,59-60H,3-16,18,20-31,33-35,37-44,46-48,50-53H2,1-2H3,(H,58,61)/b19-17-,36-32-,49-45+. The van der Waals surface area contributed by atoms with Gasteiger partial charge in [0.05, 0.1) is 25.4 Å². The second kappa shape index (κ2) is 52.7. The van der Waals surface area contributed by atoms with E-state index in [1.54, 1.807) is 6.08 Å². The Morgan fingerprint density at radius 3 is 1.13 bits per heavy atom. The minimum absolute atomic E-state index is 0.0390. The second-order valence-electron chi connectivity index (χ2n) is 18.9. The number of hydrogen-bond acceptors (Lipinski definition) is 5. The summed E-state index contributed by atoms with van der Waals surface area (Å²) in [5.41, 5.74) is 0. The highest BCUT2D eigenvalue weighted by atomic mass is 16.5. The molecule has 0 aliphatic heterocycles. The molecule has 370 valence electrons. The summed E-state index contributed by atoms with van der Waals surface area (Å²) in [6.45, 7) is 4.82. The van der Waals surface area contributed by atoms with E-state index < -0.39 is 12.1 Å². The predicted octanol–water partition coefficient (Wildman–Crippen LogP) is 16.9. The van der Waals surface area contributed by atoms with Gasteiger partial charge in [-0.2, -0.15) is 0 Å². The van der Waals surface area contributed by atoms with E-state index >= 15 is 0 Å². The molecule has 0 bridgehead atoms. The summed E-state index contributed by atoms with van der Waals surface area (Å²) in [5, 5.41) is 23.1. The summed E-state index contributed by atoms with van der Waals surface area (Å²) >= 11 is 0. The van der Waals surface area contributed by atoms with Gasteiger partial charge < -0.3 is 20.3 Å². The van der Waals surface area contributed by atoms with Crippen LogP contribution in [0.3, 0.4) is 0 Å². The maximum absolute atomic E-state index is 12.4. The molecular weight excluding hydrogens is 779 g/mol. The summed E-state index contributed by atoms with van der Waals surface area (Å²) in [4.78, 5) is 24.5. The first kappa shape index (κ1) is 61.1. The maximum atomic E-state index is 12.4. The SMILES string of the molecule is CCCCCCCC/C=C\CCCCCCCCCCCC(=O)OCCCC/C=C\CCCCCCC(=O)NC(CO)C(O)/C=C/CCCCCCCCCCCCCCCCC. The van der Waals surface area contributed by atoms with Gasteiger partial charge in [-0.1, -0.05) is 230 Å². The van der Waals surface area contributed by atoms with Crippen LogP contribution in [-0.2, 0) is 14.3 Å². The third-order valence-electron chi connectivity index (χ3n) is 12.6. The van der Waals surface area contributed by atoms with Gasteiger partial charge in [-0.25, -0.2) is 0 Å². The first-order chi connectivity index (χ1) is 31.0. The van der Waals surface area contributed by atoms with E-state index in [1.807, 2.05) is 6.08 Å². The van der Waals surface area contributed by atoms with Crippen LogP contribution in [0, 0.1) is 0 Å². The molecule has 2 unspecified atom stereocenters. The third kappa shape index (κ3) is 49.4. The van der Waals surface area contributed by atoms with Crippen LogP contribution in [0.15, 0.2) is 36.5 Å². The van der Waals surface area contributed by atoms with Crippen molar-refractivity contribution in [2.24, 2.45) is 0 Å². The normalized spacial score (nSPS) is 12.9. The number of aliphatic hydroxyl groups excluding tert-OH is 2. The van der Waals surface area contributed by atoms with Crippen LogP contribution in [0.4, 0.5) is 0 Å². The molecule has 0 radical (unpaired) electrons. The van der Waals surface area contributed by atoms with E-state index in [0.717, 1.165) is 77.0 Å². The van der Waals surface area contributed by atoms with Gasteiger partial charge in [-0.15, -0.1) is 0 Å². The van der Waals surface area contributed by atoms with Crippen LogP contribution in [-0.4, -0.2) is 47.4 Å². The smallest absolute Gasteiger partial charge is 0.305 e. The number of nitrogens with one attached hydrogen (secondary N) is 1. The number of rotatable bonds is 51.